The predicted octanol–water partition coefficient (Wildman–Crippen LogP) is 11.6. The van der Waals surface area contributed by atoms with Crippen molar-refractivity contribution in [2.24, 2.45) is 0 Å². The highest BCUT2D eigenvalue weighted by molar-refractivity contribution is 7.27. The first kappa shape index (κ1) is 25.5. The van der Waals surface area contributed by atoms with Crippen molar-refractivity contribution in [2.75, 3.05) is 0 Å². The minimum atomic E-state index is 0.678. The zero-order valence-corrected chi connectivity index (χ0v) is 25.5. The minimum Gasteiger partial charge on any atom is -0.276 e. The number of nitrogens with zero attached hydrogens (tertiary/aromatic N) is 3. The molecule has 0 spiro atoms. The molecule has 7 aromatic carbocycles. The Morgan fingerprint density at radius 2 is 1.09 bits per heavy atom. The molecule has 10 aromatic rings. The lowest BCUT2D eigenvalue weighted by atomic mass is 9.98. The van der Waals surface area contributed by atoms with E-state index in [-0.39, 0.29) is 0 Å². The van der Waals surface area contributed by atoms with Crippen molar-refractivity contribution < 1.29 is 0 Å². The van der Waals surface area contributed by atoms with Crippen LogP contribution in [0.5, 0.6) is 0 Å². The van der Waals surface area contributed by atoms with E-state index in [1.54, 1.807) is 0 Å². The van der Waals surface area contributed by atoms with Crippen LogP contribution in [0.15, 0.2) is 152 Å². The molecule has 0 radical (unpaired) electrons. The molecule has 3 nitrogen and oxygen atoms in total. The highest BCUT2D eigenvalue weighted by Crippen LogP contribution is 2.48. The monoisotopic (exact) mass is 603 g/mol. The molecule has 0 aliphatic heterocycles. The molecule has 0 saturated carbocycles. The summed E-state index contributed by atoms with van der Waals surface area (Å²) in [4.78, 5) is 10.7. The summed E-state index contributed by atoms with van der Waals surface area (Å²) in [7, 11) is 0. The first-order valence-electron chi connectivity index (χ1n) is 15.5. The second-order valence-corrected chi connectivity index (χ2v) is 12.8. The van der Waals surface area contributed by atoms with Gasteiger partial charge < -0.3 is 0 Å². The molecular weight excluding hydrogens is 579 g/mol. The van der Waals surface area contributed by atoms with E-state index in [4.69, 9.17) is 9.97 Å². The van der Waals surface area contributed by atoms with Crippen molar-refractivity contribution in [1.82, 2.24) is 14.5 Å². The number of hydrogen-bond acceptors (Lipinski definition) is 3. The molecule has 0 aliphatic rings. The smallest absolute Gasteiger partial charge is 0.235 e. The van der Waals surface area contributed by atoms with Crippen LogP contribution in [-0.2, 0) is 0 Å². The van der Waals surface area contributed by atoms with Crippen LogP contribution in [0.4, 0.5) is 0 Å². The van der Waals surface area contributed by atoms with Gasteiger partial charge in [-0.25, -0.2) is 9.97 Å². The normalized spacial score (nSPS) is 11.9. The predicted molar refractivity (Wildman–Crippen MR) is 195 cm³/mol. The van der Waals surface area contributed by atoms with Crippen LogP contribution >= 0.6 is 11.3 Å². The van der Waals surface area contributed by atoms with E-state index in [0.717, 1.165) is 38.8 Å². The summed E-state index contributed by atoms with van der Waals surface area (Å²) >= 11 is 1.86. The number of benzene rings is 7. The Kier molecular flexibility index (Phi) is 5.45. The molecule has 214 valence electrons. The SMILES string of the molecule is c1ccc(-c2ccc3c4c5ccccc5c5c6ccccc6sc5c4n(-c4nc(-c5ccccc5)c5ccccc5n4)c3c2)cc1. The molecular formula is C42H25N3S. The molecule has 0 saturated heterocycles. The fraction of sp³-hybridized carbons (Fsp3) is 0. The third kappa shape index (κ3) is 3.65. The van der Waals surface area contributed by atoms with Gasteiger partial charge in [-0.15, -0.1) is 11.3 Å². The number of hydrogen-bond donors (Lipinski definition) is 0. The van der Waals surface area contributed by atoms with Crippen LogP contribution < -0.4 is 0 Å². The molecule has 0 aliphatic carbocycles. The van der Waals surface area contributed by atoms with Gasteiger partial charge >= 0.3 is 0 Å². The van der Waals surface area contributed by atoms with Gasteiger partial charge in [0.05, 0.1) is 26.9 Å². The first-order chi connectivity index (χ1) is 22.8. The third-order valence-corrected chi connectivity index (χ3v) is 10.4. The lowest BCUT2D eigenvalue weighted by Gasteiger charge is -2.13. The van der Waals surface area contributed by atoms with E-state index >= 15 is 0 Å². The lowest BCUT2D eigenvalue weighted by molar-refractivity contribution is 1.02. The van der Waals surface area contributed by atoms with E-state index in [0.29, 0.717) is 5.95 Å². The van der Waals surface area contributed by atoms with E-state index in [9.17, 15) is 0 Å². The number of para-hydroxylation sites is 1. The average Bonchev–Trinajstić information content (AvgIpc) is 3.68. The van der Waals surface area contributed by atoms with Crippen molar-refractivity contribution in [3.63, 3.8) is 0 Å². The van der Waals surface area contributed by atoms with Crippen LogP contribution in [0.1, 0.15) is 0 Å². The Bertz CT molecular complexity index is 2790. The van der Waals surface area contributed by atoms with Gasteiger partial charge in [0.1, 0.15) is 0 Å². The van der Waals surface area contributed by atoms with Crippen LogP contribution in [0.2, 0.25) is 0 Å². The van der Waals surface area contributed by atoms with Crippen molar-refractivity contribution >= 4 is 75.0 Å². The van der Waals surface area contributed by atoms with E-state index in [1.165, 1.54) is 47.3 Å². The van der Waals surface area contributed by atoms with Gasteiger partial charge in [0.15, 0.2) is 0 Å². The Labute approximate surface area is 268 Å². The summed E-state index contributed by atoms with van der Waals surface area (Å²) in [5.41, 5.74) is 7.54. The second kappa shape index (κ2) is 9.83. The van der Waals surface area contributed by atoms with Gasteiger partial charge in [-0.05, 0) is 40.1 Å². The maximum atomic E-state index is 5.41. The van der Waals surface area contributed by atoms with Crippen molar-refractivity contribution in [3.8, 4) is 28.3 Å². The molecule has 3 heterocycles. The van der Waals surface area contributed by atoms with Gasteiger partial charge in [0.25, 0.3) is 0 Å². The highest BCUT2D eigenvalue weighted by atomic mass is 32.1. The Morgan fingerprint density at radius 1 is 0.457 bits per heavy atom. The van der Waals surface area contributed by atoms with Gasteiger partial charge in [0, 0.05) is 37.2 Å². The van der Waals surface area contributed by atoms with E-state index in [1.807, 2.05) is 11.3 Å². The van der Waals surface area contributed by atoms with Crippen LogP contribution in [-0.4, -0.2) is 14.5 Å². The molecule has 0 bridgehead atoms. The fourth-order valence-corrected chi connectivity index (χ4v) is 8.43. The Hall–Kier alpha value is -5.84. The van der Waals surface area contributed by atoms with Gasteiger partial charge in [-0.2, -0.15) is 0 Å². The second-order valence-electron chi connectivity index (χ2n) is 11.8. The summed E-state index contributed by atoms with van der Waals surface area (Å²) in [6.45, 7) is 0. The average molecular weight is 604 g/mol. The summed E-state index contributed by atoms with van der Waals surface area (Å²) in [6.07, 6.45) is 0. The van der Waals surface area contributed by atoms with Crippen molar-refractivity contribution in [3.05, 3.63) is 152 Å². The van der Waals surface area contributed by atoms with E-state index in [2.05, 4.69) is 156 Å². The first-order valence-corrected chi connectivity index (χ1v) is 16.3. The topological polar surface area (TPSA) is 30.7 Å². The number of rotatable bonds is 3. The van der Waals surface area contributed by atoms with Crippen molar-refractivity contribution in [1.29, 1.82) is 0 Å². The molecule has 0 atom stereocenters. The Balaban J connectivity index is 1.45. The maximum Gasteiger partial charge on any atom is 0.235 e. The third-order valence-electron chi connectivity index (χ3n) is 9.19. The molecule has 0 unspecified atom stereocenters. The maximum absolute atomic E-state index is 5.41. The number of aromatic nitrogens is 3. The minimum absolute atomic E-state index is 0.678. The zero-order valence-electron chi connectivity index (χ0n) is 24.7. The van der Waals surface area contributed by atoms with Crippen LogP contribution in [0.3, 0.4) is 0 Å². The van der Waals surface area contributed by atoms with Crippen molar-refractivity contribution in [2.45, 2.75) is 0 Å². The molecule has 3 aromatic heterocycles. The summed E-state index contributed by atoms with van der Waals surface area (Å²) in [6, 6.07) is 53.9. The van der Waals surface area contributed by atoms with Gasteiger partial charge in [-0.3, -0.25) is 4.57 Å². The summed E-state index contributed by atoms with van der Waals surface area (Å²) < 4.78 is 4.87. The quantitative estimate of drug-likeness (QED) is 0.201. The standard InChI is InChI=1S/C42H25N3S/c1-3-13-26(14-4-1)28-23-24-32-35(25-28)45(42-43-34-21-11-9-19-31(34)39(44-42)27-15-5-2-6-16-27)40-37(32)29-17-7-8-18-30(29)38-33-20-10-12-22-36(33)46-41(38)40/h1-25H. The molecule has 4 heteroatoms. The fourth-order valence-electron chi connectivity index (χ4n) is 7.17. The molecule has 0 fully saturated rings. The van der Waals surface area contributed by atoms with Gasteiger partial charge in [-0.1, -0.05) is 133 Å². The molecule has 0 amide bonds. The van der Waals surface area contributed by atoms with Crippen LogP contribution in [0.25, 0.3) is 92.0 Å². The summed E-state index contributed by atoms with van der Waals surface area (Å²) in [5, 5.41) is 8.57. The largest absolute Gasteiger partial charge is 0.276 e. The van der Waals surface area contributed by atoms with E-state index < -0.39 is 0 Å². The number of thiophene rings is 1. The zero-order chi connectivity index (χ0) is 30.2. The molecule has 0 N–H and O–H groups in total. The molecule has 46 heavy (non-hydrogen) atoms. The lowest BCUT2D eigenvalue weighted by Crippen LogP contribution is -2.03. The summed E-state index contributed by atoms with van der Waals surface area (Å²) in [5.74, 6) is 0.678. The highest BCUT2D eigenvalue weighted by Gasteiger charge is 2.24. The molecule has 10 rings (SSSR count). The van der Waals surface area contributed by atoms with Crippen LogP contribution in [0, 0.1) is 0 Å². The Morgan fingerprint density at radius 3 is 1.87 bits per heavy atom. The number of fused-ring (bicyclic) bond motifs is 11. The van der Waals surface area contributed by atoms with Gasteiger partial charge in [0.2, 0.25) is 5.95 Å².